The Kier molecular flexibility index (Phi) is 5.10. The van der Waals surface area contributed by atoms with Gasteiger partial charge >= 0.3 is 0 Å². The van der Waals surface area contributed by atoms with Crippen LogP contribution in [0.15, 0.2) is 49.4 Å². The lowest BCUT2D eigenvalue weighted by Gasteiger charge is -2.29. The number of aromatic nitrogens is 6. The Morgan fingerprint density at radius 3 is 2.55 bits per heavy atom. The third kappa shape index (κ3) is 4.23. The van der Waals surface area contributed by atoms with Crippen LogP contribution in [-0.2, 0) is 0 Å². The van der Waals surface area contributed by atoms with Crippen LogP contribution >= 0.6 is 0 Å². The first kappa shape index (κ1) is 20.0. The van der Waals surface area contributed by atoms with E-state index >= 15 is 0 Å². The molecule has 0 bridgehead atoms. The molecule has 9 heteroatoms. The zero-order chi connectivity index (χ0) is 22.2. The second-order valence-electron chi connectivity index (χ2n) is 8.95. The van der Waals surface area contributed by atoms with Crippen molar-refractivity contribution in [2.24, 2.45) is 0 Å². The van der Waals surface area contributed by atoms with Crippen LogP contribution in [0.5, 0.6) is 0 Å². The van der Waals surface area contributed by atoms with Gasteiger partial charge in [0.2, 0.25) is 5.95 Å². The van der Waals surface area contributed by atoms with Crippen LogP contribution in [0, 0.1) is 6.92 Å². The first-order chi connectivity index (χ1) is 16.2. The summed E-state index contributed by atoms with van der Waals surface area (Å²) in [6, 6.07) is 5.23. The van der Waals surface area contributed by atoms with E-state index in [1.807, 2.05) is 37.6 Å². The predicted molar refractivity (Wildman–Crippen MR) is 128 cm³/mol. The molecule has 0 spiro atoms. The van der Waals surface area contributed by atoms with Crippen molar-refractivity contribution in [1.29, 1.82) is 0 Å². The number of nitrogens with one attached hydrogen (secondary N) is 2. The molecule has 0 unspecified atom stereocenters. The highest BCUT2D eigenvalue weighted by molar-refractivity contribution is 5.68. The van der Waals surface area contributed by atoms with E-state index in [4.69, 9.17) is 4.98 Å². The van der Waals surface area contributed by atoms with Crippen molar-refractivity contribution >= 4 is 23.0 Å². The van der Waals surface area contributed by atoms with Crippen LogP contribution in [0.1, 0.15) is 31.2 Å². The number of pyridine rings is 1. The lowest BCUT2D eigenvalue weighted by atomic mass is 9.91. The molecule has 33 heavy (non-hydrogen) atoms. The Morgan fingerprint density at radius 1 is 0.939 bits per heavy atom. The standard InChI is InChI=1S/C24H27N9/c1-16-11-28-24(30-17-2-4-20(5-3-17)32-8-9-32)31-23(16)21-14-27-22-10-18(6-7-33(21)22)29-19-12-25-15-26-13-19/h6-7,10-15,17,20,29H,2-5,8-9H2,1H3,(H,28,30,31). The third-order valence-corrected chi connectivity index (χ3v) is 6.60. The number of aryl methyl sites for hydroxylation is 1. The van der Waals surface area contributed by atoms with E-state index in [0.29, 0.717) is 12.0 Å². The summed E-state index contributed by atoms with van der Waals surface area (Å²) in [5.74, 6) is 0.697. The van der Waals surface area contributed by atoms with E-state index in [-0.39, 0.29) is 0 Å². The van der Waals surface area contributed by atoms with Crippen molar-refractivity contribution < 1.29 is 0 Å². The van der Waals surface area contributed by atoms with Gasteiger partial charge in [0.25, 0.3) is 0 Å². The van der Waals surface area contributed by atoms with Gasteiger partial charge in [-0.25, -0.2) is 24.9 Å². The summed E-state index contributed by atoms with van der Waals surface area (Å²) in [4.78, 5) is 24.7. The van der Waals surface area contributed by atoms with E-state index in [9.17, 15) is 0 Å². The van der Waals surface area contributed by atoms with Gasteiger partial charge in [-0.05, 0) is 44.2 Å². The molecule has 9 nitrogen and oxygen atoms in total. The molecule has 0 atom stereocenters. The largest absolute Gasteiger partial charge is 0.353 e. The van der Waals surface area contributed by atoms with Crippen LogP contribution in [0.25, 0.3) is 17.0 Å². The molecule has 1 saturated heterocycles. The number of hydrogen-bond donors (Lipinski definition) is 2. The number of nitrogens with zero attached hydrogens (tertiary/aromatic N) is 7. The van der Waals surface area contributed by atoms with Crippen LogP contribution in [0.2, 0.25) is 0 Å². The summed E-state index contributed by atoms with van der Waals surface area (Å²) >= 11 is 0. The monoisotopic (exact) mass is 441 g/mol. The first-order valence-corrected chi connectivity index (χ1v) is 11.6. The molecular formula is C24H27N9. The lowest BCUT2D eigenvalue weighted by molar-refractivity contribution is 0.286. The maximum Gasteiger partial charge on any atom is 0.223 e. The molecule has 2 fully saturated rings. The number of hydrogen-bond acceptors (Lipinski definition) is 8. The fourth-order valence-electron chi connectivity index (χ4n) is 4.73. The van der Waals surface area contributed by atoms with Crippen molar-refractivity contribution in [2.75, 3.05) is 23.7 Å². The highest BCUT2D eigenvalue weighted by Gasteiger charge is 2.31. The molecule has 2 N–H and O–H groups in total. The van der Waals surface area contributed by atoms with Gasteiger partial charge in [-0.1, -0.05) is 0 Å². The minimum Gasteiger partial charge on any atom is -0.353 e. The lowest BCUT2D eigenvalue weighted by Crippen LogP contribution is -2.32. The fraction of sp³-hybridized carbons (Fsp3) is 0.375. The van der Waals surface area contributed by atoms with Crippen LogP contribution in [0.3, 0.4) is 0 Å². The Hall–Kier alpha value is -3.59. The number of rotatable bonds is 6. The first-order valence-electron chi connectivity index (χ1n) is 11.6. The van der Waals surface area contributed by atoms with Crippen molar-refractivity contribution in [3.8, 4) is 11.4 Å². The van der Waals surface area contributed by atoms with Gasteiger partial charge in [-0.15, -0.1) is 0 Å². The van der Waals surface area contributed by atoms with E-state index < -0.39 is 0 Å². The molecule has 1 aliphatic carbocycles. The molecule has 1 aliphatic heterocycles. The van der Waals surface area contributed by atoms with Gasteiger partial charge in [0, 0.05) is 49.3 Å². The topological polar surface area (TPSA) is 95.9 Å². The van der Waals surface area contributed by atoms with E-state index in [2.05, 4.69) is 39.9 Å². The predicted octanol–water partition coefficient (Wildman–Crippen LogP) is 3.67. The molecule has 2 aliphatic rings. The summed E-state index contributed by atoms with van der Waals surface area (Å²) in [6.07, 6.45) is 15.6. The van der Waals surface area contributed by atoms with Crippen LogP contribution in [0.4, 0.5) is 17.3 Å². The van der Waals surface area contributed by atoms with E-state index in [1.165, 1.54) is 45.1 Å². The normalized spacial score (nSPS) is 20.6. The Labute approximate surface area is 192 Å². The van der Waals surface area contributed by atoms with Gasteiger partial charge in [-0.3, -0.25) is 9.30 Å². The minimum absolute atomic E-state index is 0.439. The van der Waals surface area contributed by atoms with Gasteiger partial charge in [0.05, 0.1) is 35.7 Å². The van der Waals surface area contributed by atoms with E-state index in [1.54, 1.807) is 12.4 Å². The zero-order valence-electron chi connectivity index (χ0n) is 18.6. The van der Waals surface area contributed by atoms with Crippen molar-refractivity contribution in [2.45, 2.75) is 44.7 Å². The fourth-order valence-corrected chi connectivity index (χ4v) is 4.73. The van der Waals surface area contributed by atoms with Gasteiger partial charge in [0.1, 0.15) is 12.0 Å². The maximum atomic E-state index is 4.89. The van der Waals surface area contributed by atoms with Gasteiger partial charge < -0.3 is 10.6 Å². The average molecular weight is 442 g/mol. The summed E-state index contributed by atoms with van der Waals surface area (Å²) in [6.45, 7) is 4.61. The summed E-state index contributed by atoms with van der Waals surface area (Å²) in [5.41, 5.74) is 5.47. The smallest absolute Gasteiger partial charge is 0.223 e. The SMILES string of the molecule is Cc1cnc(NC2CCC(N3CC3)CC2)nc1-c1cnc2cc(Nc3cncnc3)ccn12. The quantitative estimate of drug-likeness (QED) is 0.438. The second-order valence-corrected chi connectivity index (χ2v) is 8.95. The van der Waals surface area contributed by atoms with Crippen LogP contribution < -0.4 is 10.6 Å². The maximum absolute atomic E-state index is 4.89. The third-order valence-electron chi connectivity index (χ3n) is 6.60. The van der Waals surface area contributed by atoms with Crippen LogP contribution in [-0.4, -0.2) is 59.4 Å². The molecule has 4 aromatic heterocycles. The Balaban J connectivity index is 1.21. The summed E-state index contributed by atoms with van der Waals surface area (Å²) in [7, 11) is 0. The second kappa shape index (κ2) is 8.40. The molecular weight excluding hydrogens is 414 g/mol. The number of imidazole rings is 1. The van der Waals surface area contributed by atoms with Gasteiger partial charge in [0.15, 0.2) is 0 Å². The average Bonchev–Trinajstić information content (AvgIpc) is 3.61. The van der Waals surface area contributed by atoms with Crippen molar-refractivity contribution in [3.63, 3.8) is 0 Å². The number of fused-ring (bicyclic) bond motifs is 1. The molecule has 0 amide bonds. The molecule has 1 saturated carbocycles. The van der Waals surface area contributed by atoms with Gasteiger partial charge in [-0.2, -0.15) is 0 Å². The molecule has 0 radical (unpaired) electrons. The summed E-state index contributed by atoms with van der Waals surface area (Å²) < 4.78 is 2.06. The molecule has 4 aromatic rings. The molecule has 6 rings (SSSR count). The molecule has 5 heterocycles. The van der Waals surface area contributed by atoms with Crippen molar-refractivity contribution in [3.05, 3.63) is 55.0 Å². The Bertz CT molecular complexity index is 1260. The molecule has 0 aromatic carbocycles. The van der Waals surface area contributed by atoms with E-state index in [0.717, 1.165) is 40.0 Å². The Morgan fingerprint density at radius 2 is 1.76 bits per heavy atom. The van der Waals surface area contributed by atoms with Crippen molar-refractivity contribution in [1.82, 2.24) is 34.2 Å². The highest BCUT2D eigenvalue weighted by Crippen LogP contribution is 2.29. The molecule has 168 valence electrons. The summed E-state index contributed by atoms with van der Waals surface area (Å²) in [5, 5.41) is 6.89. The number of anilines is 3. The minimum atomic E-state index is 0.439. The zero-order valence-corrected chi connectivity index (χ0v) is 18.6. The highest BCUT2D eigenvalue weighted by atomic mass is 15.3.